The van der Waals surface area contributed by atoms with Gasteiger partial charge in [-0.05, 0) is 25.7 Å². The van der Waals surface area contributed by atoms with Crippen molar-refractivity contribution in [2.24, 2.45) is 5.92 Å². The molecule has 1 aromatic rings. The molecule has 1 fully saturated rings. The van der Waals surface area contributed by atoms with Gasteiger partial charge in [-0.2, -0.15) is 9.40 Å². The summed E-state index contributed by atoms with van der Waals surface area (Å²) in [7, 11) is -1.92. The van der Waals surface area contributed by atoms with E-state index in [2.05, 4.69) is 10.2 Å². The highest BCUT2D eigenvalue weighted by atomic mass is 35.5. The predicted octanol–water partition coefficient (Wildman–Crippen LogP) is 2.66. The Bertz CT molecular complexity index is 550. The number of aryl methyl sites for hydroxylation is 1. The Labute approximate surface area is 125 Å². The standard InChI is InChI=1S/C13H22ClN3O2S/c1-10-12(8-14)13(16-15-10)20(18,19)17(2)9-11-6-4-3-5-7-11/h11H,3-9H2,1-2H3,(H,15,16). The van der Waals surface area contributed by atoms with E-state index in [-0.39, 0.29) is 10.9 Å². The van der Waals surface area contributed by atoms with Crippen LogP contribution >= 0.6 is 11.6 Å². The zero-order chi connectivity index (χ0) is 14.8. The van der Waals surface area contributed by atoms with Gasteiger partial charge in [0.25, 0.3) is 10.0 Å². The molecular formula is C13H22ClN3O2S. The fraction of sp³-hybridized carbons (Fsp3) is 0.769. The molecule has 1 saturated carbocycles. The number of rotatable bonds is 5. The number of hydrogen-bond donors (Lipinski definition) is 1. The first kappa shape index (κ1) is 15.8. The molecular weight excluding hydrogens is 298 g/mol. The molecule has 1 aromatic heterocycles. The maximum Gasteiger partial charge on any atom is 0.262 e. The summed E-state index contributed by atoms with van der Waals surface area (Å²) in [6.07, 6.45) is 5.89. The van der Waals surface area contributed by atoms with Crippen molar-refractivity contribution in [2.45, 2.75) is 49.9 Å². The second-order valence-electron chi connectivity index (χ2n) is 5.56. The van der Waals surface area contributed by atoms with E-state index in [1.54, 1.807) is 14.0 Å². The van der Waals surface area contributed by atoms with Crippen molar-refractivity contribution in [3.05, 3.63) is 11.3 Å². The number of alkyl halides is 1. The molecule has 0 aromatic carbocycles. The molecule has 20 heavy (non-hydrogen) atoms. The van der Waals surface area contributed by atoms with Crippen molar-refractivity contribution in [2.75, 3.05) is 13.6 Å². The maximum atomic E-state index is 12.6. The first-order chi connectivity index (χ1) is 9.46. The van der Waals surface area contributed by atoms with Crippen molar-refractivity contribution in [3.63, 3.8) is 0 Å². The van der Waals surface area contributed by atoms with Gasteiger partial charge < -0.3 is 0 Å². The van der Waals surface area contributed by atoms with Gasteiger partial charge in [0.1, 0.15) is 0 Å². The fourth-order valence-corrected chi connectivity index (χ4v) is 4.59. The van der Waals surface area contributed by atoms with Gasteiger partial charge in [-0.3, -0.25) is 5.10 Å². The summed E-state index contributed by atoms with van der Waals surface area (Å²) >= 11 is 5.84. The number of aromatic nitrogens is 2. The second kappa shape index (κ2) is 6.45. The van der Waals surface area contributed by atoms with Crippen LogP contribution in [0.3, 0.4) is 0 Å². The molecule has 5 nitrogen and oxygen atoms in total. The van der Waals surface area contributed by atoms with Crippen molar-refractivity contribution in [1.29, 1.82) is 0 Å². The van der Waals surface area contributed by atoms with Crippen molar-refractivity contribution in [1.82, 2.24) is 14.5 Å². The third kappa shape index (κ3) is 3.18. The van der Waals surface area contributed by atoms with Crippen LogP contribution in [-0.2, 0) is 15.9 Å². The van der Waals surface area contributed by atoms with Gasteiger partial charge >= 0.3 is 0 Å². The number of H-pyrrole nitrogens is 1. The summed E-state index contributed by atoms with van der Waals surface area (Å²) in [4.78, 5) is 0. The highest BCUT2D eigenvalue weighted by molar-refractivity contribution is 7.89. The zero-order valence-corrected chi connectivity index (χ0v) is 13.6. The van der Waals surface area contributed by atoms with Gasteiger partial charge in [0.2, 0.25) is 0 Å². The van der Waals surface area contributed by atoms with Crippen LogP contribution in [0.2, 0.25) is 0 Å². The largest absolute Gasteiger partial charge is 0.281 e. The molecule has 0 saturated heterocycles. The Hall–Kier alpha value is -0.590. The van der Waals surface area contributed by atoms with Gasteiger partial charge in [0, 0.05) is 24.8 Å². The average Bonchev–Trinajstić information content (AvgIpc) is 2.81. The molecule has 0 amide bonds. The van der Waals surface area contributed by atoms with E-state index in [1.165, 1.54) is 23.6 Å². The minimum atomic E-state index is -3.55. The highest BCUT2D eigenvalue weighted by Crippen LogP contribution is 2.27. The molecule has 1 aliphatic carbocycles. The van der Waals surface area contributed by atoms with Gasteiger partial charge in [-0.25, -0.2) is 8.42 Å². The predicted molar refractivity (Wildman–Crippen MR) is 79.3 cm³/mol. The van der Waals surface area contributed by atoms with Crippen LogP contribution < -0.4 is 0 Å². The molecule has 0 unspecified atom stereocenters. The molecule has 0 aliphatic heterocycles. The van der Waals surface area contributed by atoms with Crippen LogP contribution in [0.4, 0.5) is 0 Å². The molecule has 1 aliphatic rings. The molecule has 1 heterocycles. The lowest BCUT2D eigenvalue weighted by Crippen LogP contribution is -2.33. The third-order valence-electron chi connectivity index (χ3n) is 4.06. The molecule has 0 spiro atoms. The first-order valence-corrected chi connectivity index (χ1v) is 9.00. The summed E-state index contributed by atoms with van der Waals surface area (Å²) < 4.78 is 26.6. The highest BCUT2D eigenvalue weighted by Gasteiger charge is 2.29. The van der Waals surface area contributed by atoms with Gasteiger partial charge in [0.15, 0.2) is 5.03 Å². The van der Waals surface area contributed by atoms with Crippen LogP contribution in [0.5, 0.6) is 0 Å². The summed E-state index contributed by atoms with van der Waals surface area (Å²) in [5.74, 6) is 0.608. The van der Waals surface area contributed by atoms with E-state index in [0.717, 1.165) is 12.8 Å². The van der Waals surface area contributed by atoms with Crippen LogP contribution in [0.25, 0.3) is 0 Å². The van der Waals surface area contributed by atoms with E-state index in [9.17, 15) is 8.42 Å². The summed E-state index contributed by atoms with van der Waals surface area (Å²) in [5.41, 5.74) is 1.28. The number of nitrogens with one attached hydrogen (secondary N) is 1. The number of halogens is 1. The molecule has 2 rings (SSSR count). The minimum absolute atomic E-state index is 0.0725. The lowest BCUT2D eigenvalue weighted by Gasteiger charge is -2.26. The van der Waals surface area contributed by atoms with E-state index in [1.807, 2.05) is 0 Å². The van der Waals surface area contributed by atoms with Crippen molar-refractivity contribution >= 4 is 21.6 Å². The number of nitrogens with zero attached hydrogens (tertiary/aromatic N) is 2. The lowest BCUT2D eigenvalue weighted by atomic mass is 9.89. The van der Waals surface area contributed by atoms with Gasteiger partial charge in [-0.1, -0.05) is 19.3 Å². The number of sulfonamides is 1. The monoisotopic (exact) mass is 319 g/mol. The Morgan fingerprint density at radius 1 is 1.35 bits per heavy atom. The Kier molecular flexibility index (Phi) is 5.09. The normalized spacial score (nSPS) is 17.8. The summed E-state index contributed by atoms with van der Waals surface area (Å²) in [6.45, 7) is 2.35. The van der Waals surface area contributed by atoms with Gasteiger partial charge in [-0.15, -0.1) is 11.6 Å². The second-order valence-corrected chi connectivity index (χ2v) is 7.78. The minimum Gasteiger partial charge on any atom is -0.281 e. The van der Waals surface area contributed by atoms with Crippen LogP contribution in [0.15, 0.2) is 5.03 Å². The molecule has 0 bridgehead atoms. The summed E-state index contributed by atoms with van der Waals surface area (Å²) in [5, 5.41) is 6.72. The smallest absolute Gasteiger partial charge is 0.262 e. The first-order valence-electron chi connectivity index (χ1n) is 7.03. The number of hydrogen-bond acceptors (Lipinski definition) is 3. The maximum absolute atomic E-state index is 12.6. The lowest BCUT2D eigenvalue weighted by molar-refractivity contribution is 0.299. The Morgan fingerprint density at radius 2 is 2.00 bits per heavy atom. The SMILES string of the molecule is Cc1[nH]nc(S(=O)(=O)N(C)CC2CCCCC2)c1CCl. The fourth-order valence-electron chi connectivity index (χ4n) is 2.78. The van der Waals surface area contributed by atoms with E-state index >= 15 is 0 Å². The quantitative estimate of drug-likeness (QED) is 0.848. The zero-order valence-electron chi connectivity index (χ0n) is 12.0. The topological polar surface area (TPSA) is 66.1 Å². The van der Waals surface area contributed by atoms with Crippen LogP contribution in [0.1, 0.15) is 43.4 Å². The van der Waals surface area contributed by atoms with Crippen LogP contribution in [0, 0.1) is 12.8 Å². The molecule has 7 heteroatoms. The molecule has 1 N–H and O–H groups in total. The molecule has 0 radical (unpaired) electrons. The van der Waals surface area contributed by atoms with E-state index in [0.29, 0.717) is 23.7 Å². The Morgan fingerprint density at radius 3 is 2.60 bits per heavy atom. The van der Waals surface area contributed by atoms with E-state index < -0.39 is 10.0 Å². The Balaban J connectivity index is 2.16. The summed E-state index contributed by atoms with van der Waals surface area (Å²) in [6, 6.07) is 0. The van der Waals surface area contributed by atoms with Gasteiger partial charge in [0.05, 0.1) is 5.88 Å². The van der Waals surface area contributed by atoms with E-state index in [4.69, 9.17) is 11.6 Å². The third-order valence-corrected chi connectivity index (χ3v) is 6.13. The van der Waals surface area contributed by atoms with Crippen molar-refractivity contribution < 1.29 is 8.42 Å². The number of aromatic amines is 1. The molecule has 0 atom stereocenters. The molecule has 114 valence electrons. The van der Waals surface area contributed by atoms with Crippen molar-refractivity contribution in [3.8, 4) is 0 Å². The average molecular weight is 320 g/mol. The van der Waals surface area contributed by atoms with Crippen LogP contribution in [-0.4, -0.2) is 36.5 Å².